The lowest BCUT2D eigenvalue weighted by atomic mass is 10.6. The van der Waals surface area contributed by atoms with Gasteiger partial charge >= 0.3 is 0 Å². The molecule has 0 aliphatic heterocycles. The van der Waals surface area contributed by atoms with Gasteiger partial charge in [-0.05, 0) is 9.39 Å². The van der Waals surface area contributed by atoms with Crippen LogP contribution in [-0.2, 0) is 18.7 Å². The molecule has 1 unspecified atom stereocenters. The maximum Gasteiger partial charge on any atom is 0.180 e. The van der Waals surface area contributed by atoms with Gasteiger partial charge in [-0.3, -0.25) is 0 Å². The van der Waals surface area contributed by atoms with Crippen molar-refractivity contribution < 1.29 is 18.7 Å². The van der Waals surface area contributed by atoms with Gasteiger partial charge in [0.2, 0.25) is 0 Å². The van der Waals surface area contributed by atoms with Crippen LogP contribution in [0.15, 0.2) is 4.52 Å². The highest BCUT2D eigenvalue weighted by Crippen LogP contribution is 2.04. The van der Waals surface area contributed by atoms with Gasteiger partial charge in [0.25, 0.3) is 0 Å². The first kappa shape index (κ1) is 13.4. The maximum absolute atomic E-state index is 5.20. The van der Waals surface area contributed by atoms with Crippen molar-refractivity contribution >= 4 is 18.0 Å². The quantitative estimate of drug-likeness (QED) is 0.358. The van der Waals surface area contributed by atoms with Crippen molar-refractivity contribution in [1.82, 2.24) is 0 Å². The number of hydrogen-bond donors (Lipinski definition) is 0. The van der Waals surface area contributed by atoms with Gasteiger partial charge in [0, 0.05) is 14.2 Å². The first-order valence-corrected chi connectivity index (χ1v) is 4.98. The predicted molar refractivity (Wildman–Crippen MR) is 53.6 cm³/mol. The Morgan fingerprint density at radius 1 is 1.31 bits per heavy atom. The number of nitrogens with zero attached hydrogens (tertiary/aromatic N) is 1. The summed E-state index contributed by atoms with van der Waals surface area (Å²) in [6, 6.07) is 0. The predicted octanol–water partition coefficient (Wildman–Crippen LogP) is 1.47. The van der Waals surface area contributed by atoms with Crippen LogP contribution in [-0.4, -0.2) is 40.3 Å². The Morgan fingerprint density at radius 2 is 2.00 bits per heavy atom. The first-order valence-electron chi connectivity index (χ1n) is 3.70. The van der Waals surface area contributed by atoms with E-state index in [1.54, 1.807) is 14.2 Å². The van der Waals surface area contributed by atoms with E-state index in [2.05, 4.69) is 13.9 Å². The third-order valence-electron chi connectivity index (χ3n) is 1.20. The smallest absolute Gasteiger partial charge is 0.180 e. The first-order chi connectivity index (χ1) is 6.35. The van der Waals surface area contributed by atoms with E-state index in [4.69, 9.17) is 18.7 Å². The number of rotatable bonds is 8. The van der Waals surface area contributed by atoms with Crippen LogP contribution >= 0.6 is 18.0 Å². The summed E-state index contributed by atoms with van der Waals surface area (Å²) in [5.41, 5.74) is 0. The Kier molecular flexibility index (Phi) is 10.7. The Labute approximate surface area is 82.3 Å². The molecule has 0 saturated carbocycles. The van der Waals surface area contributed by atoms with E-state index in [9.17, 15) is 0 Å². The van der Waals surface area contributed by atoms with Crippen LogP contribution in [0.3, 0.4) is 0 Å². The molecule has 0 bridgehead atoms. The molecule has 0 N–H and O–H groups in total. The normalized spacial score (nSPS) is 11.7. The van der Waals surface area contributed by atoms with Gasteiger partial charge < -0.3 is 18.7 Å². The summed E-state index contributed by atoms with van der Waals surface area (Å²) in [6.45, 7) is 1.43. The lowest BCUT2D eigenvalue weighted by Gasteiger charge is -2.12. The zero-order valence-electron chi connectivity index (χ0n) is 7.80. The molecular formula is C6H15NO4P2. The van der Waals surface area contributed by atoms with Crippen molar-refractivity contribution in [3.8, 4) is 0 Å². The molecule has 0 saturated heterocycles. The molecule has 0 aliphatic carbocycles. The zero-order valence-corrected chi connectivity index (χ0v) is 9.85. The van der Waals surface area contributed by atoms with Crippen molar-refractivity contribution in [3.63, 3.8) is 0 Å². The van der Waals surface area contributed by atoms with Gasteiger partial charge in [0.1, 0.15) is 0 Å². The minimum atomic E-state index is -0.302. The van der Waals surface area contributed by atoms with E-state index in [1.807, 2.05) is 0 Å². The van der Waals surface area contributed by atoms with Crippen LogP contribution in [0, 0.1) is 0 Å². The van der Waals surface area contributed by atoms with Gasteiger partial charge in [-0.25, -0.2) is 4.52 Å². The standard InChI is InChI=1S/C6H15NO4P2/c1-8-6(9-2)5-10-3-4-11-13-7-12/h6H,3-5,12H2,1-2H3. The van der Waals surface area contributed by atoms with Gasteiger partial charge in [0.15, 0.2) is 14.9 Å². The second-order valence-corrected chi connectivity index (χ2v) is 3.35. The van der Waals surface area contributed by atoms with Gasteiger partial charge in [-0.15, -0.1) is 0 Å². The number of ether oxygens (including phenoxy) is 3. The molecule has 1 atom stereocenters. The van der Waals surface area contributed by atoms with Crippen molar-refractivity contribution in [1.29, 1.82) is 0 Å². The van der Waals surface area contributed by atoms with E-state index < -0.39 is 0 Å². The molecule has 0 aromatic rings. The highest BCUT2D eigenvalue weighted by atomic mass is 31.1. The van der Waals surface area contributed by atoms with Crippen LogP contribution in [0.1, 0.15) is 0 Å². The van der Waals surface area contributed by atoms with Crippen LogP contribution in [0.25, 0.3) is 0 Å². The Morgan fingerprint density at radius 3 is 2.54 bits per heavy atom. The Hall–Kier alpha value is 0.370. The minimum Gasteiger partial charge on any atom is -0.374 e. The maximum atomic E-state index is 5.20. The second-order valence-electron chi connectivity index (χ2n) is 2.01. The molecule has 0 aromatic heterocycles. The summed E-state index contributed by atoms with van der Waals surface area (Å²) in [5, 5.41) is 0. The average Bonchev–Trinajstić information content (AvgIpc) is 2.17. The molecule has 0 rings (SSSR count). The lowest BCUT2D eigenvalue weighted by Crippen LogP contribution is -2.21. The van der Waals surface area contributed by atoms with Crippen molar-refractivity contribution in [3.05, 3.63) is 0 Å². The Bertz CT molecular complexity index is 132. The highest BCUT2D eigenvalue weighted by molar-refractivity contribution is 7.31. The molecule has 0 radical (unpaired) electrons. The summed E-state index contributed by atoms with van der Waals surface area (Å²) in [5.74, 6) is 0. The molecule has 0 fully saturated rings. The van der Waals surface area contributed by atoms with Gasteiger partial charge in [-0.1, -0.05) is 0 Å². The summed E-state index contributed by atoms with van der Waals surface area (Å²) in [7, 11) is 5.95. The molecule has 0 spiro atoms. The third kappa shape index (κ3) is 8.69. The molecule has 78 valence electrons. The van der Waals surface area contributed by atoms with Crippen LogP contribution in [0.5, 0.6) is 0 Å². The van der Waals surface area contributed by atoms with E-state index in [0.717, 1.165) is 0 Å². The number of methoxy groups -OCH3 is 2. The third-order valence-corrected chi connectivity index (χ3v) is 1.88. The van der Waals surface area contributed by atoms with Crippen LogP contribution in [0.4, 0.5) is 0 Å². The Balaban J connectivity index is 3.14. The molecule has 7 heteroatoms. The van der Waals surface area contributed by atoms with E-state index >= 15 is 0 Å². The van der Waals surface area contributed by atoms with E-state index in [-0.39, 0.29) is 6.29 Å². The second kappa shape index (κ2) is 10.5. The fourth-order valence-corrected chi connectivity index (χ4v) is 1.01. The van der Waals surface area contributed by atoms with Crippen molar-refractivity contribution in [2.75, 3.05) is 34.0 Å². The summed E-state index contributed by atoms with van der Waals surface area (Å²) in [6.07, 6.45) is -0.302. The molecule has 5 nitrogen and oxygen atoms in total. The SMILES string of the molecule is COC(COCCOP=NP)OC. The van der Waals surface area contributed by atoms with E-state index in [1.165, 1.54) is 0 Å². The monoisotopic (exact) mass is 227 g/mol. The van der Waals surface area contributed by atoms with Crippen molar-refractivity contribution in [2.24, 2.45) is 4.52 Å². The zero-order chi connectivity index (χ0) is 9.94. The molecule has 0 amide bonds. The molecule has 13 heavy (non-hydrogen) atoms. The molecular weight excluding hydrogens is 212 g/mol. The van der Waals surface area contributed by atoms with Crippen LogP contribution < -0.4 is 0 Å². The van der Waals surface area contributed by atoms with Crippen molar-refractivity contribution in [2.45, 2.75) is 6.29 Å². The van der Waals surface area contributed by atoms with E-state index in [0.29, 0.717) is 28.4 Å². The largest absolute Gasteiger partial charge is 0.374 e. The minimum absolute atomic E-state index is 0.302. The summed E-state index contributed by atoms with van der Waals surface area (Å²) >= 11 is 0. The number of hydrogen-bond acceptors (Lipinski definition) is 5. The van der Waals surface area contributed by atoms with Crippen LogP contribution in [0.2, 0.25) is 0 Å². The van der Waals surface area contributed by atoms with Gasteiger partial charge in [0.05, 0.1) is 19.8 Å². The molecule has 0 aliphatic rings. The topological polar surface area (TPSA) is 49.3 Å². The molecule has 0 heterocycles. The molecule has 0 aromatic carbocycles. The fraction of sp³-hybridized carbons (Fsp3) is 1.00. The highest BCUT2D eigenvalue weighted by Gasteiger charge is 2.03. The average molecular weight is 227 g/mol. The summed E-state index contributed by atoms with van der Waals surface area (Å²) in [4.78, 5) is 0. The van der Waals surface area contributed by atoms with Gasteiger partial charge in [-0.2, -0.15) is 0 Å². The fourth-order valence-electron chi connectivity index (χ4n) is 0.582. The lowest BCUT2D eigenvalue weighted by molar-refractivity contribution is -0.141. The summed E-state index contributed by atoms with van der Waals surface area (Å²) < 4.78 is 23.7.